The van der Waals surface area contributed by atoms with Crippen LogP contribution in [0.3, 0.4) is 0 Å². The van der Waals surface area contributed by atoms with E-state index in [1.165, 1.54) is 24.0 Å². The second kappa shape index (κ2) is 11.0. The van der Waals surface area contributed by atoms with Gasteiger partial charge in [0.1, 0.15) is 11.4 Å². The number of anilines is 1. The molecule has 0 radical (unpaired) electrons. The van der Waals surface area contributed by atoms with Crippen molar-refractivity contribution in [1.29, 1.82) is 0 Å². The van der Waals surface area contributed by atoms with Crippen LogP contribution in [-0.2, 0) is 0 Å². The van der Waals surface area contributed by atoms with Gasteiger partial charge in [0.2, 0.25) is 5.76 Å². The first kappa shape index (κ1) is 27.1. The predicted octanol–water partition coefficient (Wildman–Crippen LogP) is 6.71. The van der Waals surface area contributed by atoms with Crippen molar-refractivity contribution < 1.29 is 27.9 Å². The maximum Gasteiger partial charge on any atom is 0.295 e. The maximum atomic E-state index is 14.1. The van der Waals surface area contributed by atoms with Gasteiger partial charge in [-0.15, -0.1) is 0 Å². The average molecular weight is 544 g/mol. The van der Waals surface area contributed by atoms with E-state index in [1.54, 1.807) is 42.5 Å². The van der Waals surface area contributed by atoms with Gasteiger partial charge in [-0.05, 0) is 86.3 Å². The highest BCUT2D eigenvalue weighted by Crippen LogP contribution is 2.43. The third-order valence-electron chi connectivity index (χ3n) is 6.92. The van der Waals surface area contributed by atoms with Crippen molar-refractivity contribution in [1.82, 2.24) is 0 Å². The van der Waals surface area contributed by atoms with Crippen LogP contribution < -0.4 is 19.8 Å². The number of Topliss-reactive ketones (excluding diaryl/α,β-unsaturated/α-hetero) is 1. The van der Waals surface area contributed by atoms with E-state index in [2.05, 4.69) is 13.8 Å². The van der Waals surface area contributed by atoms with Crippen LogP contribution >= 0.6 is 0 Å². The van der Waals surface area contributed by atoms with Crippen LogP contribution in [0.1, 0.15) is 72.2 Å². The van der Waals surface area contributed by atoms with E-state index in [9.17, 15) is 18.8 Å². The number of benzene rings is 3. The van der Waals surface area contributed by atoms with Crippen LogP contribution in [0, 0.1) is 11.7 Å². The number of hydrogen-bond donors (Lipinski definition) is 0. The molecule has 1 aliphatic rings. The van der Waals surface area contributed by atoms with E-state index in [0.29, 0.717) is 47.4 Å². The number of ketones is 1. The van der Waals surface area contributed by atoms with Gasteiger partial charge in [0.25, 0.3) is 5.91 Å². The van der Waals surface area contributed by atoms with Crippen LogP contribution in [0.25, 0.3) is 11.0 Å². The fourth-order valence-corrected chi connectivity index (χ4v) is 4.87. The number of nitrogens with zero attached hydrogens (tertiary/aromatic N) is 1. The minimum atomic E-state index is -0.890. The Morgan fingerprint density at radius 3 is 2.42 bits per heavy atom. The van der Waals surface area contributed by atoms with Gasteiger partial charge in [0, 0.05) is 11.3 Å². The fourth-order valence-electron chi connectivity index (χ4n) is 4.87. The molecule has 0 fully saturated rings. The fraction of sp³-hybridized carbons (Fsp3) is 0.281. The first-order valence-corrected chi connectivity index (χ1v) is 13.3. The largest absolute Gasteiger partial charge is 0.490 e. The summed E-state index contributed by atoms with van der Waals surface area (Å²) in [5.41, 5.74) is 1.28. The van der Waals surface area contributed by atoms with Crippen molar-refractivity contribution >= 4 is 28.3 Å². The average Bonchev–Trinajstić information content (AvgIpc) is 3.22. The van der Waals surface area contributed by atoms with E-state index < -0.39 is 23.2 Å². The molecule has 1 aromatic heterocycles. The number of rotatable bonds is 9. The number of amides is 1. The van der Waals surface area contributed by atoms with Crippen molar-refractivity contribution in [3.8, 4) is 11.5 Å². The highest BCUT2D eigenvalue weighted by Gasteiger charge is 2.44. The van der Waals surface area contributed by atoms with Crippen molar-refractivity contribution in [3.05, 3.63) is 99.2 Å². The molecule has 8 heteroatoms. The van der Waals surface area contributed by atoms with Crippen LogP contribution in [0.2, 0.25) is 0 Å². The summed E-state index contributed by atoms with van der Waals surface area (Å²) in [6, 6.07) is 14.6. The Bertz CT molecular complexity index is 1660. The lowest BCUT2D eigenvalue weighted by molar-refractivity contribution is 0.0970. The number of carbonyl (C=O) groups is 2. The number of fused-ring (bicyclic) bond motifs is 2. The Morgan fingerprint density at radius 1 is 1.00 bits per heavy atom. The summed E-state index contributed by atoms with van der Waals surface area (Å²) in [6.07, 6.45) is 0.868. The van der Waals surface area contributed by atoms with Crippen molar-refractivity contribution in [2.24, 2.45) is 5.92 Å². The van der Waals surface area contributed by atoms with Gasteiger partial charge >= 0.3 is 0 Å². The highest BCUT2D eigenvalue weighted by atomic mass is 19.1. The van der Waals surface area contributed by atoms with Crippen LogP contribution in [-0.4, -0.2) is 24.9 Å². The van der Waals surface area contributed by atoms with Crippen molar-refractivity contribution in [3.63, 3.8) is 0 Å². The summed E-state index contributed by atoms with van der Waals surface area (Å²) >= 11 is 0. The number of ether oxygens (including phenoxy) is 2. The van der Waals surface area contributed by atoms with Crippen LogP contribution in [0.4, 0.5) is 10.1 Å². The Labute approximate surface area is 231 Å². The molecule has 7 nitrogen and oxygen atoms in total. The molecule has 0 saturated carbocycles. The Morgan fingerprint density at radius 2 is 1.75 bits per heavy atom. The van der Waals surface area contributed by atoms with Gasteiger partial charge in [0.15, 0.2) is 22.7 Å². The second-order valence-corrected chi connectivity index (χ2v) is 10.2. The Kier molecular flexibility index (Phi) is 7.43. The van der Waals surface area contributed by atoms with Gasteiger partial charge in [0.05, 0.1) is 30.2 Å². The summed E-state index contributed by atoms with van der Waals surface area (Å²) < 4.78 is 31.9. The molecule has 0 aliphatic carbocycles. The van der Waals surface area contributed by atoms with Gasteiger partial charge in [-0.1, -0.05) is 19.9 Å². The van der Waals surface area contributed by atoms with Gasteiger partial charge in [-0.3, -0.25) is 19.3 Å². The van der Waals surface area contributed by atoms with E-state index in [-0.39, 0.29) is 28.1 Å². The number of carbonyl (C=O) groups excluding carboxylic acids is 2. The molecule has 206 valence electrons. The monoisotopic (exact) mass is 543 g/mol. The molecule has 1 unspecified atom stereocenters. The predicted molar refractivity (Wildman–Crippen MR) is 150 cm³/mol. The van der Waals surface area contributed by atoms with Gasteiger partial charge in [-0.2, -0.15) is 0 Å². The standard InChI is InChI=1S/C32H30FNO6/c1-5-38-27-16-21(8-12-26(27)39-15-14-18(2)3)29-28-30(36)24-17-22(33)9-13-25(24)40-31(28)32(37)34(29)23-10-6-20(7-11-23)19(4)35/h6-13,16-18,29H,5,14-15H2,1-4H3. The normalized spacial score (nSPS) is 14.6. The van der Waals surface area contributed by atoms with Gasteiger partial charge in [-0.25, -0.2) is 4.39 Å². The SMILES string of the molecule is CCOc1cc(C2c3c(oc4ccc(F)cc4c3=O)C(=O)N2c2ccc(C(C)=O)cc2)ccc1OCCC(C)C. The summed E-state index contributed by atoms with van der Waals surface area (Å²) in [4.78, 5) is 41.0. The number of halogens is 1. The smallest absolute Gasteiger partial charge is 0.295 e. The van der Waals surface area contributed by atoms with E-state index in [0.717, 1.165) is 12.5 Å². The maximum absolute atomic E-state index is 14.1. The van der Waals surface area contributed by atoms with E-state index >= 15 is 0 Å². The van der Waals surface area contributed by atoms with Crippen molar-refractivity contribution in [2.75, 3.05) is 18.1 Å². The first-order chi connectivity index (χ1) is 19.2. The molecule has 1 aliphatic heterocycles. The Hall–Kier alpha value is -4.46. The molecule has 1 atom stereocenters. The molecule has 5 rings (SSSR count). The zero-order chi connectivity index (χ0) is 28.6. The third-order valence-corrected chi connectivity index (χ3v) is 6.92. The van der Waals surface area contributed by atoms with Crippen LogP contribution in [0.5, 0.6) is 11.5 Å². The zero-order valence-electron chi connectivity index (χ0n) is 22.8. The molecule has 1 amide bonds. The molecular weight excluding hydrogens is 513 g/mol. The number of hydrogen-bond acceptors (Lipinski definition) is 6. The molecule has 3 aromatic carbocycles. The molecule has 0 bridgehead atoms. The van der Waals surface area contributed by atoms with E-state index in [4.69, 9.17) is 13.9 Å². The van der Waals surface area contributed by atoms with Crippen LogP contribution in [0.15, 0.2) is 69.9 Å². The summed E-state index contributed by atoms with van der Waals surface area (Å²) in [5, 5.41) is 0.0454. The second-order valence-electron chi connectivity index (χ2n) is 10.2. The summed E-state index contributed by atoms with van der Waals surface area (Å²) in [7, 11) is 0. The molecule has 4 aromatic rings. The van der Waals surface area contributed by atoms with Gasteiger partial charge < -0.3 is 13.9 Å². The summed E-state index contributed by atoms with van der Waals surface area (Å²) in [5.74, 6) is 0.178. The topological polar surface area (TPSA) is 86.0 Å². The van der Waals surface area contributed by atoms with E-state index in [1.807, 2.05) is 6.92 Å². The molecule has 40 heavy (non-hydrogen) atoms. The molecular formula is C32H30FNO6. The molecule has 0 spiro atoms. The molecule has 0 N–H and O–H groups in total. The molecule has 0 saturated heterocycles. The summed E-state index contributed by atoms with van der Waals surface area (Å²) in [6.45, 7) is 8.44. The minimum Gasteiger partial charge on any atom is -0.490 e. The highest BCUT2D eigenvalue weighted by molar-refractivity contribution is 6.11. The lowest BCUT2D eigenvalue weighted by Gasteiger charge is -2.26. The first-order valence-electron chi connectivity index (χ1n) is 13.3. The lowest BCUT2D eigenvalue weighted by atomic mass is 9.97. The zero-order valence-corrected chi connectivity index (χ0v) is 22.8. The van der Waals surface area contributed by atoms with Crippen molar-refractivity contribution in [2.45, 2.75) is 40.2 Å². The quantitative estimate of drug-likeness (QED) is 0.218. The third kappa shape index (κ3) is 4.97. The minimum absolute atomic E-state index is 0.0454. The Balaban J connectivity index is 1.69. The lowest BCUT2D eigenvalue weighted by Crippen LogP contribution is -2.29. The molecule has 2 heterocycles.